The Hall–Kier alpha value is -0.890. The molecule has 0 atom stereocenters. The summed E-state index contributed by atoms with van der Waals surface area (Å²) in [7, 11) is 0. The van der Waals surface area contributed by atoms with Gasteiger partial charge in [-0.15, -0.1) is 0 Å². The molecule has 0 aliphatic heterocycles. The Labute approximate surface area is 81.6 Å². The Bertz CT molecular complexity index is 642. The highest BCUT2D eigenvalue weighted by Gasteiger charge is 1.94. The van der Waals surface area contributed by atoms with Crippen LogP contribution in [0.1, 0.15) is 8.22 Å². The fourth-order valence-corrected chi connectivity index (χ4v) is 1.14. The fourth-order valence-electron chi connectivity index (χ4n) is 0.750. The van der Waals surface area contributed by atoms with E-state index in [4.69, 9.17) is 8.22 Å². The van der Waals surface area contributed by atoms with Gasteiger partial charge >= 0.3 is 0 Å². The van der Waals surface area contributed by atoms with E-state index in [2.05, 4.69) is 20.9 Å². The highest BCUT2D eigenvalue weighted by molar-refractivity contribution is 9.10. The van der Waals surface area contributed by atoms with Crippen molar-refractivity contribution in [2.75, 3.05) is 0 Å². The summed E-state index contributed by atoms with van der Waals surface area (Å²) in [4.78, 5) is 3.56. The Kier molecular flexibility index (Phi) is 0.684. The van der Waals surface area contributed by atoms with Gasteiger partial charge in [-0.3, -0.25) is 4.98 Å². The smallest absolute Gasteiger partial charge is 0.0847 e. The lowest BCUT2D eigenvalue weighted by Gasteiger charge is -1.96. The minimum absolute atomic E-state index is 0.0166. The number of rotatable bonds is 0. The molecule has 0 spiro atoms. The van der Waals surface area contributed by atoms with Crippen LogP contribution in [0.4, 0.5) is 0 Å². The molecule has 1 aromatic carbocycles. The number of nitrogens with zero attached hydrogens (tertiary/aromatic N) is 1. The normalized spacial score (nSPS) is 17.9. The highest BCUT2D eigenvalue weighted by atomic mass is 79.9. The van der Waals surface area contributed by atoms with Crippen LogP contribution in [-0.2, 0) is 0 Å². The summed E-state index contributed by atoms with van der Waals surface area (Å²) >= 11 is 3.08. The van der Waals surface area contributed by atoms with Gasteiger partial charge in [0.2, 0.25) is 0 Å². The second-order valence-electron chi connectivity index (χ2n) is 1.90. The second kappa shape index (κ2) is 2.62. The van der Waals surface area contributed by atoms with Crippen LogP contribution in [0.3, 0.4) is 0 Å². The minimum atomic E-state index is -0.403. The maximum Gasteiger partial charge on any atom is 0.0847 e. The SMILES string of the molecule is [2H]c1nc([2H])c2c(Br)c([2H])c([2H])c([2H])c2c1[2H]. The van der Waals surface area contributed by atoms with Gasteiger partial charge in [-0.2, -0.15) is 0 Å². The standard InChI is InChI=1S/C9H6BrN/c10-9-3-1-2-7-4-5-11-6-8(7)9/h1-6H/i1D,2D,3D,4D,5D,6D. The average Bonchev–Trinajstić information content (AvgIpc) is 2.28. The van der Waals surface area contributed by atoms with Crippen molar-refractivity contribution in [3.8, 4) is 0 Å². The van der Waals surface area contributed by atoms with Crippen LogP contribution in [-0.4, -0.2) is 4.98 Å². The summed E-state index contributed by atoms with van der Waals surface area (Å²) in [5.74, 6) is 0. The number of halogens is 1. The van der Waals surface area contributed by atoms with Gasteiger partial charge in [0.1, 0.15) is 0 Å². The van der Waals surface area contributed by atoms with Gasteiger partial charge in [-0.1, -0.05) is 28.0 Å². The van der Waals surface area contributed by atoms with Crippen molar-refractivity contribution < 1.29 is 8.22 Å². The van der Waals surface area contributed by atoms with Crippen LogP contribution in [0, 0.1) is 0 Å². The third-order valence-corrected chi connectivity index (χ3v) is 1.83. The summed E-state index contributed by atoms with van der Waals surface area (Å²) in [6.45, 7) is 0. The van der Waals surface area contributed by atoms with E-state index in [9.17, 15) is 0 Å². The van der Waals surface area contributed by atoms with Crippen molar-refractivity contribution in [3.05, 3.63) is 41.0 Å². The van der Waals surface area contributed by atoms with Gasteiger partial charge in [0.15, 0.2) is 0 Å². The zero-order valence-electron chi connectivity index (χ0n) is 11.3. The Morgan fingerprint density at radius 3 is 3.18 bits per heavy atom. The van der Waals surface area contributed by atoms with Crippen molar-refractivity contribution in [1.82, 2.24) is 4.98 Å². The van der Waals surface area contributed by atoms with Gasteiger partial charge < -0.3 is 0 Å². The summed E-state index contributed by atoms with van der Waals surface area (Å²) in [5.41, 5.74) is 0. The fraction of sp³-hybridized carbons (Fsp3) is 0. The number of benzene rings is 1. The van der Waals surface area contributed by atoms with E-state index in [1.54, 1.807) is 0 Å². The van der Waals surface area contributed by atoms with E-state index in [1.165, 1.54) is 0 Å². The third-order valence-electron chi connectivity index (χ3n) is 1.23. The molecule has 11 heavy (non-hydrogen) atoms. The van der Waals surface area contributed by atoms with Gasteiger partial charge in [0.25, 0.3) is 0 Å². The maximum absolute atomic E-state index is 7.72. The zero-order valence-corrected chi connectivity index (χ0v) is 6.91. The van der Waals surface area contributed by atoms with E-state index < -0.39 is 6.17 Å². The maximum atomic E-state index is 7.72. The molecular formula is C9H6BrN. The van der Waals surface area contributed by atoms with Crippen molar-refractivity contribution in [2.24, 2.45) is 0 Å². The Balaban J connectivity index is 3.17. The number of pyridine rings is 1. The second-order valence-corrected chi connectivity index (χ2v) is 2.69. The van der Waals surface area contributed by atoms with E-state index >= 15 is 0 Å². The summed E-state index contributed by atoms with van der Waals surface area (Å²) in [6.07, 6.45) is -0.671. The monoisotopic (exact) mass is 213 g/mol. The van der Waals surface area contributed by atoms with Crippen LogP contribution < -0.4 is 0 Å². The van der Waals surface area contributed by atoms with Gasteiger partial charge in [-0.05, 0) is 17.5 Å². The molecule has 0 saturated carbocycles. The van der Waals surface area contributed by atoms with E-state index in [-0.39, 0.29) is 45.6 Å². The molecular weight excluding hydrogens is 202 g/mol. The number of fused-ring (bicyclic) bond motifs is 1. The Morgan fingerprint density at radius 2 is 2.27 bits per heavy atom. The molecule has 0 radical (unpaired) electrons. The van der Waals surface area contributed by atoms with E-state index in [0.29, 0.717) is 0 Å². The summed E-state index contributed by atoms with van der Waals surface area (Å²) in [5, 5.41) is 0.153. The molecule has 1 aromatic heterocycles. The van der Waals surface area contributed by atoms with Crippen LogP contribution in [0.5, 0.6) is 0 Å². The van der Waals surface area contributed by atoms with E-state index in [0.717, 1.165) is 0 Å². The van der Waals surface area contributed by atoms with Gasteiger partial charge in [0, 0.05) is 22.2 Å². The third kappa shape index (κ3) is 1.14. The molecule has 0 unspecified atom stereocenters. The van der Waals surface area contributed by atoms with Gasteiger partial charge in [-0.25, -0.2) is 0 Å². The molecule has 2 rings (SSSR count). The molecule has 0 N–H and O–H groups in total. The van der Waals surface area contributed by atoms with Crippen molar-refractivity contribution in [3.63, 3.8) is 0 Å². The van der Waals surface area contributed by atoms with Crippen LogP contribution in [0.2, 0.25) is 0 Å². The first-order valence-corrected chi connectivity index (χ1v) is 3.68. The first-order chi connectivity index (χ1) is 7.86. The number of aromatic nitrogens is 1. The molecule has 0 aliphatic rings. The first kappa shape index (κ1) is 2.87. The largest absolute Gasteiger partial charge is 0.264 e. The molecule has 54 valence electrons. The number of hydrogen-bond acceptors (Lipinski definition) is 1. The van der Waals surface area contributed by atoms with E-state index in [1.807, 2.05) is 0 Å². The predicted molar refractivity (Wildman–Crippen MR) is 49.4 cm³/mol. The molecule has 1 heterocycles. The van der Waals surface area contributed by atoms with Crippen molar-refractivity contribution in [1.29, 1.82) is 0 Å². The van der Waals surface area contributed by atoms with Crippen LogP contribution in [0.15, 0.2) is 41.0 Å². The zero-order chi connectivity index (χ0) is 12.9. The predicted octanol–water partition coefficient (Wildman–Crippen LogP) is 3.00. The lowest BCUT2D eigenvalue weighted by molar-refractivity contribution is 1.36. The molecule has 2 heteroatoms. The Morgan fingerprint density at radius 1 is 1.36 bits per heavy atom. The summed E-state index contributed by atoms with van der Waals surface area (Å²) < 4.78 is 45.8. The molecule has 0 fully saturated rings. The van der Waals surface area contributed by atoms with Crippen molar-refractivity contribution >= 4 is 26.7 Å². The summed E-state index contributed by atoms with van der Waals surface area (Å²) in [6, 6.07) is -1.16. The first-order valence-electron chi connectivity index (χ1n) is 5.89. The number of hydrogen-bond donors (Lipinski definition) is 0. The average molecular weight is 214 g/mol. The molecule has 0 bridgehead atoms. The molecule has 0 aliphatic carbocycles. The van der Waals surface area contributed by atoms with Crippen LogP contribution in [0.25, 0.3) is 10.8 Å². The molecule has 0 saturated heterocycles. The quantitative estimate of drug-likeness (QED) is 0.656. The molecule has 0 amide bonds. The highest BCUT2D eigenvalue weighted by Crippen LogP contribution is 2.21. The minimum Gasteiger partial charge on any atom is -0.264 e. The van der Waals surface area contributed by atoms with Crippen LogP contribution >= 0.6 is 15.9 Å². The van der Waals surface area contributed by atoms with Gasteiger partial charge in [0.05, 0.1) is 8.22 Å². The lowest BCUT2D eigenvalue weighted by Crippen LogP contribution is -1.74. The molecule has 1 nitrogen and oxygen atoms in total. The lowest BCUT2D eigenvalue weighted by atomic mass is 10.2. The van der Waals surface area contributed by atoms with Crippen molar-refractivity contribution in [2.45, 2.75) is 0 Å². The topological polar surface area (TPSA) is 12.9 Å². The molecule has 2 aromatic rings.